The summed E-state index contributed by atoms with van der Waals surface area (Å²) in [4.78, 5) is 2.26. The zero-order valence-electron chi connectivity index (χ0n) is 9.98. The van der Waals surface area contributed by atoms with Crippen LogP contribution in [0, 0.1) is 0 Å². The molecule has 0 radical (unpaired) electrons. The molecule has 0 aromatic heterocycles. The summed E-state index contributed by atoms with van der Waals surface area (Å²) in [5.41, 5.74) is 1.17. The largest absolute Gasteiger partial charge is 0.497 e. The van der Waals surface area contributed by atoms with Gasteiger partial charge in [0.15, 0.2) is 0 Å². The predicted octanol–water partition coefficient (Wildman–Crippen LogP) is 2.26. The van der Waals surface area contributed by atoms with E-state index in [9.17, 15) is 0 Å². The Morgan fingerprint density at radius 1 is 1.44 bits per heavy atom. The average molecular weight is 221 g/mol. The summed E-state index contributed by atoms with van der Waals surface area (Å²) in [5, 5.41) is 0. The lowest BCUT2D eigenvalue weighted by molar-refractivity contribution is -0.0338. The molecule has 0 saturated carbocycles. The van der Waals surface area contributed by atoms with E-state index in [2.05, 4.69) is 18.0 Å². The summed E-state index contributed by atoms with van der Waals surface area (Å²) in [6, 6.07) is 8.04. The van der Waals surface area contributed by atoms with Gasteiger partial charge in [0.25, 0.3) is 0 Å². The Kier molecular flexibility index (Phi) is 3.80. The molecule has 1 aliphatic rings. The maximum atomic E-state index is 5.87. The monoisotopic (exact) mass is 221 g/mol. The Morgan fingerprint density at radius 2 is 2.31 bits per heavy atom. The normalized spacial score (nSPS) is 21.2. The van der Waals surface area contributed by atoms with Gasteiger partial charge in [0.05, 0.1) is 13.7 Å². The van der Waals surface area contributed by atoms with Crippen LogP contribution in [0.5, 0.6) is 5.75 Å². The van der Waals surface area contributed by atoms with Crippen molar-refractivity contribution in [3.8, 4) is 5.75 Å². The highest BCUT2D eigenvalue weighted by Gasteiger charge is 2.20. The number of ether oxygens (including phenoxy) is 2. The third kappa shape index (κ3) is 2.74. The molecule has 0 aliphatic carbocycles. The standard InChI is InChI=1S/C13H19NO2/c1-14-8-4-7-13(14)16-10-11-5-3-6-12(9-11)15-2/h3,5-6,9,13H,4,7-8,10H2,1-2H3/t13-/m0/s1. The van der Waals surface area contributed by atoms with Crippen LogP contribution in [-0.4, -0.2) is 31.8 Å². The molecule has 88 valence electrons. The van der Waals surface area contributed by atoms with Crippen LogP contribution in [0.1, 0.15) is 18.4 Å². The Labute approximate surface area is 97.0 Å². The van der Waals surface area contributed by atoms with E-state index in [-0.39, 0.29) is 6.23 Å². The van der Waals surface area contributed by atoms with Gasteiger partial charge in [-0.05, 0) is 37.6 Å². The second-order valence-electron chi connectivity index (χ2n) is 4.24. The van der Waals surface area contributed by atoms with Crippen LogP contribution >= 0.6 is 0 Å². The summed E-state index contributed by atoms with van der Waals surface area (Å²) in [5.74, 6) is 0.890. The molecule has 0 spiro atoms. The molecule has 1 atom stereocenters. The van der Waals surface area contributed by atoms with Crippen molar-refractivity contribution in [2.45, 2.75) is 25.7 Å². The number of benzene rings is 1. The van der Waals surface area contributed by atoms with Gasteiger partial charge in [-0.2, -0.15) is 0 Å². The van der Waals surface area contributed by atoms with Crippen molar-refractivity contribution in [2.24, 2.45) is 0 Å². The minimum Gasteiger partial charge on any atom is -0.497 e. The smallest absolute Gasteiger partial charge is 0.119 e. The van der Waals surface area contributed by atoms with Crippen LogP contribution in [0.15, 0.2) is 24.3 Å². The fourth-order valence-corrected chi connectivity index (χ4v) is 2.04. The van der Waals surface area contributed by atoms with Gasteiger partial charge >= 0.3 is 0 Å². The molecule has 0 unspecified atom stereocenters. The van der Waals surface area contributed by atoms with E-state index < -0.39 is 0 Å². The van der Waals surface area contributed by atoms with Crippen molar-refractivity contribution in [2.75, 3.05) is 20.7 Å². The number of hydrogen-bond acceptors (Lipinski definition) is 3. The van der Waals surface area contributed by atoms with Crippen LogP contribution in [0.4, 0.5) is 0 Å². The molecule has 3 heteroatoms. The van der Waals surface area contributed by atoms with Crippen LogP contribution in [-0.2, 0) is 11.3 Å². The van der Waals surface area contributed by atoms with Crippen molar-refractivity contribution < 1.29 is 9.47 Å². The number of likely N-dealkylation sites (tertiary alicyclic amines) is 1. The molecule has 1 heterocycles. The Morgan fingerprint density at radius 3 is 3.00 bits per heavy atom. The van der Waals surface area contributed by atoms with E-state index in [1.807, 2.05) is 18.2 Å². The molecule has 1 aromatic rings. The van der Waals surface area contributed by atoms with Gasteiger partial charge in [0, 0.05) is 6.54 Å². The highest BCUT2D eigenvalue weighted by Crippen LogP contribution is 2.19. The fourth-order valence-electron chi connectivity index (χ4n) is 2.04. The Bertz CT molecular complexity index is 340. The number of methoxy groups -OCH3 is 1. The number of rotatable bonds is 4. The quantitative estimate of drug-likeness (QED) is 0.778. The lowest BCUT2D eigenvalue weighted by Gasteiger charge is -2.19. The average Bonchev–Trinajstić information content (AvgIpc) is 2.72. The summed E-state index contributed by atoms with van der Waals surface area (Å²) < 4.78 is 11.1. The van der Waals surface area contributed by atoms with Crippen LogP contribution in [0.25, 0.3) is 0 Å². The second kappa shape index (κ2) is 5.32. The molecule has 1 saturated heterocycles. The van der Waals surface area contributed by atoms with Gasteiger partial charge in [-0.25, -0.2) is 0 Å². The van der Waals surface area contributed by atoms with Gasteiger partial charge < -0.3 is 9.47 Å². The van der Waals surface area contributed by atoms with Crippen molar-refractivity contribution in [1.82, 2.24) is 4.90 Å². The number of hydrogen-bond donors (Lipinski definition) is 0. The molecule has 1 aliphatic heterocycles. The predicted molar refractivity (Wildman–Crippen MR) is 63.4 cm³/mol. The summed E-state index contributed by atoms with van der Waals surface area (Å²) >= 11 is 0. The third-order valence-electron chi connectivity index (χ3n) is 3.03. The zero-order valence-corrected chi connectivity index (χ0v) is 9.98. The minimum atomic E-state index is 0.284. The Balaban J connectivity index is 1.88. The van der Waals surface area contributed by atoms with E-state index in [1.165, 1.54) is 12.0 Å². The lowest BCUT2D eigenvalue weighted by atomic mass is 10.2. The highest BCUT2D eigenvalue weighted by molar-refractivity contribution is 5.27. The van der Waals surface area contributed by atoms with Crippen molar-refractivity contribution in [3.05, 3.63) is 29.8 Å². The fraction of sp³-hybridized carbons (Fsp3) is 0.538. The van der Waals surface area contributed by atoms with E-state index in [0.29, 0.717) is 6.61 Å². The van der Waals surface area contributed by atoms with E-state index in [1.54, 1.807) is 7.11 Å². The van der Waals surface area contributed by atoms with Crippen molar-refractivity contribution >= 4 is 0 Å². The second-order valence-corrected chi connectivity index (χ2v) is 4.24. The maximum absolute atomic E-state index is 5.87. The van der Waals surface area contributed by atoms with Crippen molar-refractivity contribution in [1.29, 1.82) is 0 Å². The molecule has 0 N–H and O–H groups in total. The number of nitrogens with zero attached hydrogens (tertiary/aromatic N) is 1. The van der Waals surface area contributed by atoms with Gasteiger partial charge in [-0.1, -0.05) is 12.1 Å². The molecule has 2 rings (SSSR count). The minimum absolute atomic E-state index is 0.284. The SMILES string of the molecule is COc1cccc(CO[C@H]2CCCN2C)c1. The van der Waals surface area contributed by atoms with Crippen LogP contribution in [0.2, 0.25) is 0 Å². The zero-order chi connectivity index (χ0) is 11.4. The van der Waals surface area contributed by atoms with Crippen LogP contribution in [0.3, 0.4) is 0 Å². The summed E-state index contributed by atoms with van der Waals surface area (Å²) in [6.45, 7) is 1.80. The highest BCUT2D eigenvalue weighted by atomic mass is 16.5. The molecule has 0 bridgehead atoms. The first-order valence-electron chi connectivity index (χ1n) is 5.74. The molecular weight excluding hydrogens is 202 g/mol. The Hall–Kier alpha value is -1.06. The first-order chi connectivity index (χ1) is 7.79. The topological polar surface area (TPSA) is 21.7 Å². The van der Waals surface area contributed by atoms with Crippen LogP contribution < -0.4 is 4.74 Å². The van der Waals surface area contributed by atoms with Gasteiger partial charge in [0.2, 0.25) is 0 Å². The summed E-state index contributed by atoms with van der Waals surface area (Å²) in [6.07, 6.45) is 2.66. The molecule has 0 amide bonds. The first kappa shape index (κ1) is 11.4. The van der Waals surface area contributed by atoms with E-state index in [0.717, 1.165) is 18.7 Å². The molecular formula is C13H19NO2. The molecule has 16 heavy (non-hydrogen) atoms. The molecule has 1 fully saturated rings. The summed E-state index contributed by atoms with van der Waals surface area (Å²) in [7, 11) is 3.80. The van der Waals surface area contributed by atoms with Gasteiger partial charge in [0.1, 0.15) is 12.0 Å². The van der Waals surface area contributed by atoms with Gasteiger partial charge in [-0.3, -0.25) is 4.90 Å². The maximum Gasteiger partial charge on any atom is 0.119 e. The van der Waals surface area contributed by atoms with E-state index in [4.69, 9.17) is 9.47 Å². The van der Waals surface area contributed by atoms with Gasteiger partial charge in [-0.15, -0.1) is 0 Å². The third-order valence-corrected chi connectivity index (χ3v) is 3.03. The lowest BCUT2D eigenvalue weighted by Crippen LogP contribution is -2.27. The first-order valence-corrected chi connectivity index (χ1v) is 5.74. The molecule has 3 nitrogen and oxygen atoms in total. The van der Waals surface area contributed by atoms with E-state index >= 15 is 0 Å². The molecule has 1 aromatic carbocycles. The van der Waals surface area contributed by atoms with Crippen molar-refractivity contribution in [3.63, 3.8) is 0 Å².